The smallest absolute Gasteiger partial charge is 0.123 e. The minimum atomic E-state index is -1.02. The van der Waals surface area contributed by atoms with Crippen molar-refractivity contribution in [1.29, 1.82) is 0 Å². The van der Waals surface area contributed by atoms with Crippen molar-refractivity contribution in [2.75, 3.05) is 6.26 Å². The van der Waals surface area contributed by atoms with Crippen molar-refractivity contribution >= 4 is 21.6 Å². The quantitative estimate of drug-likeness (QED) is 0.777. The molecule has 1 unspecified atom stereocenters. The van der Waals surface area contributed by atoms with Crippen LogP contribution in [-0.2, 0) is 10.8 Å². The second kappa shape index (κ2) is 3.42. The molecule has 0 aliphatic carbocycles. The zero-order valence-electron chi connectivity index (χ0n) is 7.73. The number of rotatable bonds is 1. The van der Waals surface area contributed by atoms with Gasteiger partial charge in [-0.2, -0.15) is 0 Å². The predicted octanol–water partition coefficient (Wildman–Crippen LogP) is 2.28. The maximum atomic E-state index is 11.4. The fourth-order valence-electron chi connectivity index (χ4n) is 1.52. The van der Waals surface area contributed by atoms with Gasteiger partial charge in [0.2, 0.25) is 0 Å². The normalized spacial score (nSPS) is 12.9. The summed E-state index contributed by atoms with van der Waals surface area (Å²) in [6, 6.07) is 10.7. The number of phenolic OH excluding ortho intramolecular Hbond substituents is 1. The Morgan fingerprint density at radius 2 is 1.71 bits per heavy atom. The molecule has 0 aliphatic rings. The maximum absolute atomic E-state index is 11.4. The van der Waals surface area contributed by atoms with Crippen LogP contribution in [0.15, 0.2) is 41.3 Å². The first-order valence-electron chi connectivity index (χ1n) is 4.24. The monoisotopic (exact) mass is 206 g/mol. The van der Waals surface area contributed by atoms with Crippen LogP contribution >= 0.6 is 0 Å². The number of aromatic hydroxyl groups is 1. The van der Waals surface area contributed by atoms with Crippen molar-refractivity contribution in [2.45, 2.75) is 4.90 Å². The molecule has 3 heteroatoms. The predicted molar refractivity (Wildman–Crippen MR) is 57.9 cm³/mol. The van der Waals surface area contributed by atoms with Crippen LogP contribution in [0, 0.1) is 0 Å². The average molecular weight is 206 g/mol. The van der Waals surface area contributed by atoms with E-state index < -0.39 is 10.8 Å². The largest absolute Gasteiger partial charge is 0.507 e. The van der Waals surface area contributed by atoms with Crippen molar-refractivity contribution in [2.24, 2.45) is 0 Å². The lowest BCUT2D eigenvalue weighted by molar-refractivity contribution is 0.481. The maximum Gasteiger partial charge on any atom is 0.123 e. The number of fused-ring (bicyclic) bond motifs is 1. The second-order valence-corrected chi connectivity index (χ2v) is 4.43. The molecule has 0 saturated carbocycles. The molecule has 2 aromatic carbocycles. The molecular formula is C11H10O2S. The SMILES string of the molecule is CS(=O)c1cccc2c(O)cccc12. The standard InChI is InChI=1S/C11H10O2S/c1-14(13)11-7-3-4-8-9(11)5-2-6-10(8)12/h2-7,12H,1H3. The van der Waals surface area contributed by atoms with Gasteiger partial charge in [0.25, 0.3) is 0 Å². The molecule has 0 aromatic heterocycles. The van der Waals surface area contributed by atoms with Gasteiger partial charge in [0.05, 0.1) is 10.8 Å². The summed E-state index contributed by atoms with van der Waals surface area (Å²) in [6.45, 7) is 0. The van der Waals surface area contributed by atoms with E-state index in [1.807, 2.05) is 18.2 Å². The zero-order valence-corrected chi connectivity index (χ0v) is 8.54. The molecule has 0 radical (unpaired) electrons. The van der Waals surface area contributed by atoms with Crippen LogP contribution in [0.2, 0.25) is 0 Å². The van der Waals surface area contributed by atoms with E-state index in [9.17, 15) is 9.32 Å². The summed E-state index contributed by atoms with van der Waals surface area (Å²) in [5.74, 6) is 0.231. The molecule has 1 N–H and O–H groups in total. The first kappa shape index (κ1) is 9.21. The van der Waals surface area contributed by atoms with Crippen LogP contribution in [0.3, 0.4) is 0 Å². The van der Waals surface area contributed by atoms with Crippen LogP contribution in [0.1, 0.15) is 0 Å². The summed E-state index contributed by atoms with van der Waals surface area (Å²) < 4.78 is 11.4. The summed E-state index contributed by atoms with van der Waals surface area (Å²) >= 11 is 0. The Morgan fingerprint density at radius 3 is 2.43 bits per heavy atom. The van der Waals surface area contributed by atoms with E-state index in [1.165, 1.54) is 0 Å². The molecule has 0 amide bonds. The number of hydrogen-bond acceptors (Lipinski definition) is 2. The molecule has 0 aliphatic heterocycles. The van der Waals surface area contributed by atoms with E-state index in [-0.39, 0.29) is 5.75 Å². The van der Waals surface area contributed by atoms with Crippen molar-refractivity contribution < 1.29 is 9.32 Å². The van der Waals surface area contributed by atoms with E-state index in [0.29, 0.717) is 0 Å². The third kappa shape index (κ3) is 1.40. The zero-order chi connectivity index (χ0) is 10.1. The van der Waals surface area contributed by atoms with Crippen LogP contribution in [-0.4, -0.2) is 15.6 Å². The van der Waals surface area contributed by atoms with Gasteiger partial charge in [0.1, 0.15) is 5.75 Å². The van der Waals surface area contributed by atoms with E-state index in [1.54, 1.807) is 24.5 Å². The van der Waals surface area contributed by atoms with Gasteiger partial charge in [-0.05, 0) is 12.1 Å². The van der Waals surface area contributed by atoms with Crippen molar-refractivity contribution in [1.82, 2.24) is 0 Å². The summed E-state index contributed by atoms with van der Waals surface area (Å²) in [5, 5.41) is 11.2. The molecule has 0 heterocycles. The minimum Gasteiger partial charge on any atom is -0.507 e. The number of benzene rings is 2. The highest BCUT2D eigenvalue weighted by molar-refractivity contribution is 7.84. The van der Waals surface area contributed by atoms with Gasteiger partial charge in [-0.15, -0.1) is 0 Å². The Kier molecular flexibility index (Phi) is 2.25. The van der Waals surface area contributed by atoms with E-state index in [0.717, 1.165) is 15.7 Å². The van der Waals surface area contributed by atoms with Crippen LogP contribution in [0.25, 0.3) is 10.8 Å². The molecule has 2 nitrogen and oxygen atoms in total. The van der Waals surface area contributed by atoms with Crippen LogP contribution < -0.4 is 0 Å². The van der Waals surface area contributed by atoms with Crippen molar-refractivity contribution in [3.8, 4) is 5.75 Å². The highest BCUT2D eigenvalue weighted by Gasteiger charge is 2.05. The van der Waals surface area contributed by atoms with Gasteiger partial charge in [0.15, 0.2) is 0 Å². The molecule has 0 saturated heterocycles. The fourth-order valence-corrected chi connectivity index (χ4v) is 2.27. The Balaban J connectivity index is 2.88. The summed E-state index contributed by atoms with van der Waals surface area (Å²) in [7, 11) is -1.02. The van der Waals surface area contributed by atoms with Gasteiger partial charge >= 0.3 is 0 Å². The third-order valence-corrected chi connectivity index (χ3v) is 3.14. The van der Waals surface area contributed by atoms with E-state index in [4.69, 9.17) is 0 Å². The van der Waals surface area contributed by atoms with Gasteiger partial charge in [-0.3, -0.25) is 4.21 Å². The highest BCUT2D eigenvalue weighted by Crippen LogP contribution is 2.27. The van der Waals surface area contributed by atoms with Crippen LogP contribution in [0.5, 0.6) is 5.75 Å². The van der Waals surface area contributed by atoms with Gasteiger partial charge in [-0.25, -0.2) is 0 Å². The van der Waals surface area contributed by atoms with E-state index >= 15 is 0 Å². The molecule has 2 aromatic rings. The van der Waals surface area contributed by atoms with Crippen molar-refractivity contribution in [3.05, 3.63) is 36.4 Å². The summed E-state index contributed by atoms with van der Waals surface area (Å²) in [5.41, 5.74) is 0. The number of hydrogen-bond donors (Lipinski definition) is 1. The Morgan fingerprint density at radius 1 is 1.07 bits per heavy atom. The van der Waals surface area contributed by atoms with Gasteiger partial charge < -0.3 is 5.11 Å². The van der Waals surface area contributed by atoms with Crippen molar-refractivity contribution in [3.63, 3.8) is 0 Å². The Bertz CT molecular complexity index is 506. The molecule has 0 bridgehead atoms. The topological polar surface area (TPSA) is 37.3 Å². The lowest BCUT2D eigenvalue weighted by Gasteiger charge is -2.04. The number of phenols is 1. The lowest BCUT2D eigenvalue weighted by Crippen LogP contribution is -1.88. The average Bonchev–Trinajstić information content (AvgIpc) is 2.17. The van der Waals surface area contributed by atoms with E-state index in [2.05, 4.69) is 0 Å². The highest BCUT2D eigenvalue weighted by atomic mass is 32.2. The molecular weight excluding hydrogens is 196 g/mol. The third-order valence-electron chi connectivity index (χ3n) is 2.17. The fraction of sp³-hybridized carbons (Fsp3) is 0.0909. The van der Waals surface area contributed by atoms with Gasteiger partial charge in [-0.1, -0.05) is 24.3 Å². The molecule has 1 atom stereocenters. The lowest BCUT2D eigenvalue weighted by atomic mass is 10.1. The molecule has 0 fully saturated rings. The van der Waals surface area contributed by atoms with Crippen LogP contribution in [0.4, 0.5) is 0 Å². The molecule has 0 spiro atoms. The second-order valence-electron chi connectivity index (χ2n) is 3.08. The minimum absolute atomic E-state index is 0.231. The molecule has 72 valence electrons. The Hall–Kier alpha value is -1.35. The summed E-state index contributed by atoms with van der Waals surface area (Å²) in [6.07, 6.45) is 1.64. The first-order chi connectivity index (χ1) is 6.70. The first-order valence-corrected chi connectivity index (χ1v) is 5.80. The Labute approximate surface area is 84.6 Å². The van der Waals surface area contributed by atoms with Gasteiger partial charge in [0, 0.05) is 21.9 Å². The molecule has 14 heavy (non-hydrogen) atoms. The summed E-state index contributed by atoms with van der Waals surface area (Å²) in [4.78, 5) is 0.762. The molecule has 2 rings (SSSR count).